The summed E-state index contributed by atoms with van der Waals surface area (Å²) in [6, 6.07) is 10.7. The Morgan fingerprint density at radius 2 is 1.81 bits per heavy atom. The van der Waals surface area contributed by atoms with Gasteiger partial charge in [-0.05, 0) is 51.5 Å². The van der Waals surface area contributed by atoms with E-state index < -0.39 is 0 Å². The summed E-state index contributed by atoms with van der Waals surface area (Å²) in [6.07, 6.45) is 0. The normalized spacial score (nSPS) is 12.4. The molecule has 0 aliphatic carbocycles. The zero-order chi connectivity index (χ0) is 15.4. The topological polar surface area (TPSA) is 26.2 Å². The molecule has 0 fully saturated rings. The van der Waals surface area contributed by atoms with Crippen LogP contribution < -0.4 is 10.1 Å². The van der Waals surface area contributed by atoms with Crippen molar-refractivity contribution in [2.45, 2.75) is 40.3 Å². The molecule has 1 unspecified atom stereocenters. The fraction of sp³-hybridized carbons (Fsp3) is 0.444. The second-order valence-electron chi connectivity index (χ2n) is 5.86. The summed E-state index contributed by atoms with van der Waals surface area (Å²) in [5, 5.41) is 3.52. The van der Waals surface area contributed by atoms with Gasteiger partial charge in [-0.3, -0.25) is 0 Å². The molecule has 0 radical (unpaired) electrons. The van der Waals surface area contributed by atoms with Crippen molar-refractivity contribution in [3.05, 3.63) is 52.8 Å². The molecule has 0 spiro atoms. The molecule has 0 saturated carbocycles. The predicted octanol–water partition coefficient (Wildman–Crippen LogP) is 3.51. The third kappa shape index (κ3) is 4.11. The Hall–Kier alpha value is -1.74. The van der Waals surface area contributed by atoms with E-state index in [0.29, 0.717) is 12.6 Å². The SMILES string of the molecule is Cc1ccc(OCC(C)NCc2cc(C)n(C)c2C)cc1. The monoisotopic (exact) mass is 286 g/mol. The van der Waals surface area contributed by atoms with E-state index in [2.05, 4.69) is 62.8 Å². The highest BCUT2D eigenvalue weighted by Gasteiger charge is 2.08. The minimum absolute atomic E-state index is 0.311. The van der Waals surface area contributed by atoms with Crippen LogP contribution in [0, 0.1) is 20.8 Å². The summed E-state index contributed by atoms with van der Waals surface area (Å²) in [7, 11) is 2.11. The Bertz CT molecular complexity index is 584. The molecule has 114 valence electrons. The lowest BCUT2D eigenvalue weighted by molar-refractivity contribution is 0.272. The molecule has 0 amide bonds. The van der Waals surface area contributed by atoms with E-state index in [-0.39, 0.29) is 0 Å². The minimum Gasteiger partial charge on any atom is -0.492 e. The summed E-state index contributed by atoms with van der Waals surface area (Å²) < 4.78 is 8.03. The summed E-state index contributed by atoms with van der Waals surface area (Å²) >= 11 is 0. The van der Waals surface area contributed by atoms with Gasteiger partial charge in [-0.25, -0.2) is 0 Å². The Labute approximate surface area is 127 Å². The number of hydrogen-bond donors (Lipinski definition) is 1. The lowest BCUT2D eigenvalue weighted by atomic mass is 10.2. The summed E-state index contributed by atoms with van der Waals surface area (Å²) in [5.74, 6) is 0.931. The number of rotatable bonds is 6. The molecule has 3 nitrogen and oxygen atoms in total. The number of aryl methyl sites for hydroxylation is 2. The largest absolute Gasteiger partial charge is 0.492 e. The van der Waals surface area contributed by atoms with Crippen LogP contribution in [0.3, 0.4) is 0 Å². The zero-order valence-corrected chi connectivity index (χ0v) is 13.7. The Morgan fingerprint density at radius 3 is 2.38 bits per heavy atom. The van der Waals surface area contributed by atoms with Gasteiger partial charge in [0.15, 0.2) is 0 Å². The highest BCUT2D eigenvalue weighted by Crippen LogP contribution is 2.14. The average molecular weight is 286 g/mol. The molecule has 1 aromatic heterocycles. The Kier molecular flexibility index (Phi) is 5.07. The first-order chi connectivity index (χ1) is 9.97. The maximum atomic E-state index is 5.80. The first kappa shape index (κ1) is 15.6. The van der Waals surface area contributed by atoms with Gasteiger partial charge in [-0.1, -0.05) is 17.7 Å². The van der Waals surface area contributed by atoms with Crippen LogP contribution in [0.5, 0.6) is 5.75 Å². The van der Waals surface area contributed by atoms with Gasteiger partial charge in [0.25, 0.3) is 0 Å². The molecule has 0 saturated heterocycles. The van der Waals surface area contributed by atoms with Gasteiger partial charge in [0.05, 0.1) is 0 Å². The highest BCUT2D eigenvalue weighted by molar-refractivity contribution is 5.27. The van der Waals surface area contributed by atoms with E-state index in [1.807, 2.05) is 12.1 Å². The third-order valence-corrected chi connectivity index (χ3v) is 4.04. The van der Waals surface area contributed by atoms with Crippen LogP contribution in [0.4, 0.5) is 0 Å². The van der Waals surface area contributed by atoms with Crippen molar-refractivity contribution < 1.29 is 4.74 Å². The van der Waals surface area contributed by atoms with Crippen molar-refractivity contribution in [2.24, 2.45) is 7.05 Å². The molecule has 1 N–H and O–H groups in total. The maximum Gasteiger partial charge on any atom is 0.119 e. The van der Waals surface area contributed by atoms with Gasteiger partial charge in [0.1, 0.15) is 12.4 Å². The molecular formula is C18H26N2O. The van der Waals surface area contributed by atoms with E-state index in [9.17, 15) is 0 Å². The minimum atomic E-state index is 0.311. The van der Waals surface area contributed by atoms with Crippen LogP contribution in [-0.4, -0.2) is 17.2 Å². The molecule has 1 atom stereocenters. The highest BCUT2D eigenvalue weighted by atomic mass is 16.5. The van der Waals surface area contributed by atoms with E-state index in [1.165, 1.54) is 22.5 Å². The van der Waals surface area contributed by atoms with Crippen LogP contribution in [0.2, 0.25) is 0 Å². The molecule has 2 rings (SSSR count). The van der Waals surface area contributed by atoms with E-state index in [4.69, 9.17) is 4.74 Å². The Balaban J connectivity index is 1.80. The number of hydrogen-bond acceptors (Lipinski definition) is 2. The number of aromatic nitrogens is 1. The number of nitrogens with zero attached hydrogens (tertiary/aromatic N) is 1. The van der Waals surface area contributed by atoms with Gasteiger partial charge in [0.2, 0.25) is 0 Å². The van der Waals surface area contributed by atoms with Crippen molar-refractivity contribution in [3.63, 3.8) is 0 Å². The van der Waals surface area contributed by atoms with E-state index in [0.717, 1.165) is 12.3 Å². The second kappa shape index (κ2) is 6.81. The molecular weight excluding hydrogens is 260 g/mol. The van der Waals surface area contributed by atoms with E-state index in [1.54, 1.807) is 0 Å². The van der Waals surface area contributed by atoms with Crippen molar-refractivity contribution in [2.75, 3.05) is 6.61 Å². The Morgan fingerprint density at radius 1 is 1.14 bits per heavy atom. The molecule has 0 aliphatic heterocycles. The maximum absolute atomic E-state index is 5.80. The summed E-state index contributed by atoms with van der Waals surface area (Å²) in [5.41, 5.74) is 5.24. The smallest absolute Gasteiger partial charge is 0.119 e. The van der Waals surface area contributed by atoms with Crippen molar-refractivity contribution in [1.82, 2.24) is 9.88 Å². The van der Waals surface area contributed by atoms with Crippen molar-refractivity contribution in [3.8, 4) is 5.75 Å². The average Bonchev–Trinajstić information content (AvgIpc) is 2.72. The standard InChI is InChI=1S/C18H26N2O/c1-13-6-8-18(9-7-13)21-12-14(2)19-11-17-10-15(3)20(5)16(17)4/h6-10,14,19H,11-12H2,1-5H3. The van der Waals surface area contributed by atoms with E-state index >= 15 is 0 Å². The molecule has 0 aliphatic rings. The third-order valence-electron chi connectivity index (χ3n) is 4.04. The van der Waals surface area contributed by atoms with Crippen LogP contribution in [0.15, 0.2) is 30.3 Å². The molecule has 21 heavy (non-hydrogen) atoms. The van der Waals surface area contributed by atoms with Crippen molar-refractivity contribution in [1.29, 1.82) is 0 Å². The molecule has 1 aromatic carbocycles. The molecule has 3 heteroatoms. The van der Waals surface area contributed by atoms with Crippen LogP contribution in [-0.2, 0) is 13.6 Å². The fourth-order valence-electron chi connectivity index (χ4n) is 2.31. The predicted molar refractivity (Wildman–Crippen MR) is 87.9 cm³/mol. The second-order valence-corrected chi connectivity index (χ2v) is 5.86. The number of benzene rings is 1. The molecule has 2 aromatic rings. The summed E-state index contributed by atoms with van der Waals surface area (Å²) in [4.78, 5) is 0. The lowest BCUT2D eigenvalue weighted by Gasteiger charge is -2.15. The van der Waals surface area contributed by atoms with Gasteiger partial charge < -0.3 is 14.6 Å². The van der Waals surface area contributed by atoms with Gasteiger partial charge in [0, 0.05) is 31.0 Å². The first-order valence-corrected chi connectivity index (χ1v) is 7.52. The van der Waals surface area contributed by atoms with Gasteiger partial charge in [-0.2, -0.15) is 0 Å². The number of nitrogens with one attached hydrogen (secondary N) is 1. The van der Waals surface area contributed by atoms with Crippen molar-refractivity contribution >= 4 is 0 Å². The fourth-order valence-corrected chi connectivity index (χ4v) is 2.31. The molecule has 1 heterocycles. The zero-order valence-electron chi connectivity index (χ0n) is 13.7. The lowest BCUT2D eigenvalue weighted by Crippen LogP contribution is -2.31. The number of ether oxygens (including phenoxy) is 1. The summed E-state index contributed by atoms with van der Waals surface area (Å²) in [6.45, 7) is 10.1. The first-order valence-electron chi connectivity index (χ1n) is 7.52. The van der Waals surface area contributed by atoms with Crippen LogP contribution >= 0.6 is 0 Å². The quantitative estimate of drug-likeness (QED) is 0.879. The van der Waals surface area contributed by atoms with Crippen LogP contribution in [0.1, 0.15) is 29.4 Å². The van der Waals surface area contributed by atoms with Gasteiger partial charge >= 0.3 is 0 Å². The van der Waals surface area contributed by atoms with Crippen LogP contribution in [0.25, 0.3) is 0 Å². The van der Waals surface area contributed by atoms with Gasteiger partial charge in [-0.15, -0.1) is 0 Å². The molecule has 0 bridgehead atoms.